The molecule has 1 N–H and O–H groups in total. The van der Waals surface area contributed by atoms with E-state index < -0.39 is 0 Å². The van der Waals surface area contributed by atoms with Crippen molar-refractivity contribution < 1.29 is 19.1 Å². The zero-order valence-corrected chi connectivity index (χ0v) is 18.9. The number of benzene rings is 1. The molecule has 8 heteroatoms. The van der Waals surface area contributed by atoms with Gasteiger partial charge in [0.05, 0.1) is 11.7 Å². The Morgan fingerprint density at radius 1 is 1.00 bits per heavy atom. The summed E-state index contributed by atoms with van der Waals surface area (Å²) in [5, 5.41) is 2.77. The summed E-state index contributed by atoms with van der Waals surface area (Å²) < 4.78 is 11.6. The van der Waals surface area contributed by atoms with Gasteiger partial charge in [-0.3, -0.25) is 9.59 Å². The molecule has 3 heterocycles. The van der Waals surface area contributed by atoms with E-state index in [0.29, 0.717) is 22.7 Å². The van der Waals surface area contributed by atoms with Crippen LogP contribution in [0, 0.1) is 6.92 Å². The van der Waals surface area contributed by atoms with Crippen molar-refractivity contribution in [2.24, 2.45) is 0 Å². The zero-order valence-electron chi connectivity index (χ0n) is 18.9. The molecule has 0 spiro atoms. The van der Waals surface area contributed by atoms with Crippen molar-refractivity contribution in [2.75, 3.05) is 18.4 Å². The van der Waals surface area contributed by atoms with E-state index in [1.54, 1.807) is 47.5 Å². The Morgan fingerprint density at radius 2 is 1.73 bits per heavy atom. The van der Waals surface area contributed by atoms with Gasteiger partial charge in [-0.15, -0.1) is 0 Å². The van der Waals surface area contributed by atoms with Crippen LogP contribution >= 0.6 is 0 Å². The van der Waals surface area contributed by atoms with Gasteiger partial charge in [0.15, 0.2) is 0 Å². The fourth-order valence-corrected chi connectivity index (χ4v) is 3.18. The van der Waals surface area contributed by atoms with Crippen molar-refractivity contribution in [1.29, 1.82) is 0 Å². The summed E-state index contributed by atoms with van der Waals surface area (Å²) in [6, 6.07) is 13.6. The molecule has 3 aromatic rings. The van der Waals surface area contributed by atoms with E-state index in [-0.39, 0.29) is 29.7 Å². The molecule has 1 aliphatic rings. The number of aromatic nitrogens is 2. The Kier molecular flexibility index (Phi) is 6.53. The van der Waals surface area contributed by atoms with E-state index in [2.05, 4.69) is 15.3 Å². The molecule has 0 aliphatic carbocycles. The number of aryl methyl sites for hydroxylation is 1. The number of carbonyl (C=O) groups is 2. The Hall–Kier alpha value is -3.94. The molecule has 0 bridgehead atoms. The number of ether oxygens (including phenoxy) is 2. The molecule has 2 aromatic heterocycles. The molecule has 8 nitrogen and oxygen atoms in total. The number of nitrogens with zero attached hydrogens (tertiary/aromatic N) is 3. The Bertz CT molecular complexity index is 1140. The van der Waals surface area contributed by atoms with Crippen LogP contribution in [0.4, 0.5) is 5.82 Å². The fraction of sp³-hybridized carbons (Fsp3) is 0.280. The van der Waals surface area contributed by atoms with Crippen molar-refractivity contribution in [3.8, 4) is 17.5 Å². The predicted molar refractivity (Wildman–Crippen MR) is 124 cm³/mol. The molecule has 1 fully saturated rings. The summed E-state index contributed by atoms with van der Waals surface area (Å²) >= 11 is 0. The second-order valence-corrected chi connectivity index (χ2v) is 8.15. The number of amides is 2. The SMILES string of the molecule is Cc1ccc(NC(=O)c2cc(Oc3ccc(C(=O)N4CCC4)cc3)nc(OC(C)C)c2)nc1. The first kappa shape index (κ1) is 22.3. The van der Waals surface area contributed by atoms with E-state index in [1.165, 1.54) is 6.07 Å². The summed E-state index contributed by atoms with van der Waals surface area (Å²) in [6.07, 6.45) is 2.60. The number of hydrogen-bond donors (Lipinski definition) is 1. The van der Waals surface area contributed by atoms with E-state index in [4.69, 9.17) is 9.47 Å². The van der Waals surface area contributed by atoms with Crippen LogP contribution in [-0.2, 0) is 0 Å². The van der Waals surface area contributed by atoms with Gasteiger partial charge in [0.25, 0.3) is 11.8 Å². The highest BCUT2D eigenvalue weighted by molar-refractivity contribution is 6.04. The van der Waals surface area contributed by atoms with Crippen molar-refractivity contribution in [3.05, 3.63) is 71.4 Å². The van der Waals surface area contributed by atoms with Crippen LogP contribution in [0.25, 0.3) is 0 Å². The van der Waals surface area contributed by atoms with E-state index in [0.717, 1.165) is 25.1 Å². The summed E-state index contributed by atoms with van der Waals surface area (Å²) in [7, 11) is 0. The lowest BCUT2D eigenvalue weighted by molar-refractivity contribution is 0.0651. The highest BCUT2D eigenvalue weighted by atomic mass is 16.5. The highest BCUT2D eigenvalue weighted by Gasteiger charge is 2.21. The lowest BCUT2D eigenvalue weighted by Crippen LogP contribution is -2.41. The third-order valence-corrected chi connectivity index (χ3v) is 5.02. The molecule has 0 radical (unpaired) electrons. The van der Waals surface area contributed by atoms with Gasteiger partial charge in [-0.2, -0.15) is 4.98 Å². The Labute approximate surface area is 192 Å². The zero-order chi connectivity index (χ0) is 23.4. The average Bonchev–Trinajstić information content (AvgIpc) is 2.74. The summed E-state index contributed by atoms with van der Waals surface area (Å²) in [5.41, 5.74) is 1.93. The lowest BCUT2D eigenvalue weighted by Gasteiger charge is -2.30. The van der Waals surface area contributed by atoms with Crippen LogP contribution in [0.2, 0.25) is 0 Å². The quantitative estimate of drug-likeness (QED) is 0.576. The first-order chi connectivity index (χ1) is 15.9. The van der Waals surface area contributed by atoms with Gasteiger partial charge in [-0.05, 0) is 63.1 Å². The summed E-state index contributed by atoms with van der Waals surface area (Å²) in [4.78, 5) is 35.5. The molecular formula is C25H26N4O4. The number of anilines is 1. The molecule has 4 rings (SSSR count). The minimum Gasteiger partial charge on any atom is -0.475 e. The Balaban J connectivity index is 1.53. The third-order valence-electron chi connectivity index (χ3n) is 5.02. The molecule has 33 heavy (non-hydrogen) atoms. The van der Waals surface area contributed by atoms with Crippen LogP contribution in [0.1, 0.15) is 46.5 Å². The molecule has 170 valence electrons. The van der Waals surface area contributed by atoms with Crippen molar-refractivity contribution in [2.45, 2.75) is 33.3 Å². The van der Waals surface area contributed by atoms with Crippen LogP contribution in [0.5, 0.6) is 17.5 Å². The molecule has 1 aromatic carbocycles. The monoisotopic (exact) mass is 446 g/mol. The molecular weight excluding hydrogens is 420 g/mol. The van der Waals surface area contributed by atoms with Gasteiger partial charge in [0.2, 0.25) is 11.8 Å². The van der Waals surface area contributed by atoms with Gasteiger partial charge in [-0.1, -0.05) is 6.07 Å². The largest absolute Gasteiger partial charge is 0.475 e. The van der Waals surface area contributed by atoms with Gasteiger partial charge < -0.3 is 19.7 Å². The topological polar surface area (TPSA) is 93.7 Å². The van der Waals surface area contributed by atoms with Crippen molar-refractivity contribution in [1.82, 2.24) is 14.9 Å². The molecule has 0 unspecified atom stereocenters. The van der Waals surface area contributed by atoms with Gasteiger partial charge in [0, 0.05) is 37.0 Å². The molecule has 0 saturated carbocycles. The van der Waals surface area contributed by atoms with Crippen molar-refractivity contribution >= 4 is 17.6 Å². The number of rotatable bonds is 7. The van der Waals surface area contributed by atoms with Crippen LogP contribution in [-0.4, -0.2) is 45.9 Å². The highest BCUT2D eigenvalue weighted by Crippen LogP contribution is 2.26. The van der Waals surface area contributed by atoms with Crippen LogP contribution in [0.3, 0.4) is 0 Å². The number of hydrogen-bond acceptors (Lipinski definition) is 6. The maximum Gasteiger partial charge on any atom is 0.257 e. The number of pyridine rings is 2. The van der Waals surface area contributed by atoms with E-state index in [1.807, 2.05) is 26.8 Å². The van der Waals surface area contributed by atoms with Crippen molar-refractivity contribution in [3.63, 3.8) is 0 Å². The first-order valence-electron chi connectivity index (χ1n) is 10.9. The van der Waals surface area contributed by atoms with Gasteiger partial charge in [0.1, 0.15) is 11.6 Å². The standard InChI is InChI=1S/C25H26N4O4/c1-16(2)32-22-13-19(24(30)27-21-10-5-17(3)15-26-21)14-23(28-22)33-20-8-6-18(7-9-20)25(31)29-11-4-12-29/h5-10,13-16H,4,11-12H2,1-3H3,(H,26,27,30). The molecule has 0 atom stereocenters. The fourth-order valence-electron chi connectivity index (χ4n) is 3.18. The molecule has 1 saturated heterocycles. The average molecular weight is 447 g/mol. The van der Waals surface area contributed by atoms with Crippen LogP contribution in [0.15, 0.2) is 54.7 Å². The third kappa shape index (κ3) is 5.65. The number of nitrogens with one attached hydrogen (secondary N) is 1. The van der Waals surface area contributed by atoms with Gasteiger partial charge >= 0.3 is 0 Å². The van der Waals surface area contributed by atoms with Gasteiger partial charge in [-0.25, -0.2) is 4.98 Å². The summed E-state index contributed by atoms with van der Waals surface area (Å²) in [5.74, 6) is 1.07. The minimum absolute atomic E-state index is 0.0157. The van der Waals surface area contributed by atoms with E-state index in [9.17, 15) is 9.59 Å². The maximum absolute atomic E-state index is 12.8. The van der Waals surface area contributed by atoms with E-state index >= 15 is 0 Å². The minimum atomic E-state index is -0.359. The normalized spacial score (nSPS) is 12.8. The second-order valence-electron chi connectivity index (χ2n) is 8.15. The molecule has 2 amide bonds. The second kappa shape index (κ2) is 9.68. The smallest absolute Gasteiger partial charge is 0.257 e. The first-order valence-corrected chi connectivity index (χ1v) is 10.9. The number of carbonyl (C=O) groups excluding carboxylic acids is 2. The predicted octanol–water partition coefficient (Wildman–Crippen LogP) is 4.46. The Morgan fingerprint density at radius 3 is 2.33 bits per heavy atom. The molecule has 1 aliphatic heterocycles. The lowest BCUT2D eigenvalue weighted by atomic mass is 10.1. The maximum atomic E-state index is 12.8. The van der Waals surface area contributed by atoms with Crippen LogP contribution < -0.4 is 14.8 Å². The number of likely N-dealkylation sites (tertiary alicyclic amines) is 1. The summed E-state index contributed by atoms with van der Waals surface area (Å²) in [6.45, 7) is 7.27.